The van der Waals surface area contributed by atoms with E-state index in [4.69, 9.17) is 4.99 Å². The number of aryl methyl sites for hydroxylation is 1. The summed E-state index contributed by atoms with van der Waals surface area (Å²) < 4.78 is 0. The molecule has 0 radical (unpaired) electrons. The molecule has 1 fully saturated rings. The standard InChI is InChI=1S/C29H39N3/c1-6-8-15-29(30-7-2)28(27-14-9-11-21(3)22(27)4)20-24-16-18-26(19-17-24)32-23(5)31-25-12-10-13-25/h7,9,11,14-19,25,28,31-32H,5-6,8,10,12-13,20H2,1-4H3/b29-15-,30-7?. The van der Waals surface area contributed by atoms with E-state index in [1.54, 1.807) is 0 Å². The Morgan fingerprint density at radius 3 is 2.53 bits per heavy atom. The zero-order valence-electron chi connectivity index (χ0n) is 20.2. The van der Waals surface area contributed by atoms with Gasteiger partial charge in [0.2, 0.25) is 0 Å². The van der Waals surface area contributed by atoms with E-state index in [9.17, 15) is 0 Å². The Kier molecular flexibility index (Phi) is 8.72. The lowest BCUT2D eigenvalue weighted by Gasteiger charge is -2.28. The highest BCUT2D eigenvalue weighted by atomic mass is 15.1. The SMILES string of the molecule is C=C(Nc1ccc(CC(/C(=C/CCC)N=CC)c2cccc(C)c2C)cc1)NC1CCC1. The summed E-state index contributed by atoms with van der Waals surface area (Å²) in [6.07, 6.45) is 11.2. The van der Waals surface area contributed by atoms with Crippen molar-refractivity contribution in [2.24, 2.45) is 4.99 Å². The number of nitrogens with zero attached hydrogens (tertiary/aromatic N) is 1. The molecule has 0 heterocycles. The Bertz CT molecular complexity index is 949. The molecule has 0 aliphatic heterocycles. The lowest BCUT2D eigenvalue weighted by Crippen LogP contribution is -2.36. The predicted molar refractivity (Wildman–Crippen MR) is 139 cm³/mol. The number of aliphatic imine (C=N–C) groups is 1. The lowest BCUT2D eigenvalue weighted by molar-refractivity contribution is 0.365. The first-order valence-corrected chi connectivity index (χ1v) is 12.1. The van der Waals surface area contributed by atoms with Crippen molar-refractivity contribution in [3.8, 4) is 0 Å². The van der Waals surface area contributed by atoms with Crippen LogP contribution in [0.15, 0.2) is 71.6 Å². The van der Waals surface area contributed by atoms with Crippen LogP contribution in [0.2, 0.25) is 0 Å². The molecule has 1 unspecified atom stereocenters. The average Bonchev–Trinajstić information content (AvgIpc) is 2.76. The average molecular weight is 430 g/mol. The monoisotopic (exact) mass is 429 g/mol. The van der Waals surface area contributed by atoms with Crippen molar-refractivity contribution in [3.63, 3.8) is 0 Å². The minimum Gasteiger partial charge on any atom is -0.369 e. The molecule has 2 aromatic carbocycles. The van der Waals surface area contributed by atoms with E-state index in [1.807, 2.05) is 13.1 Å². The van der Waals surface area contributed by atoms with Crippen LogP contribution >= 0.6 is 0 Å². The molecular formula is C29H39N3. The maximum absolute atomic E-state index is 4.81. The molecule has 170 valence electrons. The Morgan fingerprint density at radius 2 is 1.91 bits per heavy atom. The molecule has 0 aromatic heterocycles. The molecule has 32 heavy (non-hydrogen) atoms. The second kappa shape index (κ2) is 11.7. The van der Waals surface area contributed by atoms with Crippen molar-refractivity contribution in [1.29, 1.82) is 0 Å². The maximum Gasteiger partial charge on any atom is 0.0959 e. The fourth-order valence-corrected chi connectivity index (χ4v) is 4.22. The second-order valence-corrected chi connectivity index (χ2v) is 8.92. The maximum atomic E-state index is 4.81. The first-order valence-electron chi connectivity index (χ1n) is 12.1. The zero-order valence-corrected chi connectivity index (χ0v) is 20.2. The summed E-state index contributed by atoms with van der Waals surface area (Å²) in [5.41, 5.74) is 7.62. The van der Waals surface area contributed by atoms with Crippen LogP contribution in [0.5, 0.6) is 0 Å². The molecule has 1 atom stereocenters. The van der Waals surface area contributed by atoms with Gasteiger partial charge in [-0.15, -0.1) is 0 Å². The van der Waals surface area contributed by atoms with Crippen LogP contribution in [-0.4, -0.2) is 12.3 Å². The highest BCUT2D eigenvalue weighted by Gasteiger charge is 2.20. The first kappa shape index (κ1) is 23.8. The quantitative estimate of drug-likeness (QED) is 0.364. The van der Waals surface area contributed by atoms with E-state index in [2.05, 4.69) is 86.5 Å². The summed E-state index contributed by atoms with van der Waals surface area (Å²) in [7, 11) is 0. The van der Waals surface area contributed by atoms with Crippen molar-refractivity contribution in [1.82, 2.24) is 5.32 Å². The summed E-state index contributed by atoms with van der Waals surface area (Å²) >= 11 is 0. The molecule has 0 bridgehead atoms. The molecule has 1 aliphatic carbocycles. The molecular weight excluding hydrogens is 390 g/mol. The Labute approximate surface area is 194 Å². The van der Waals surface area contributed by atoms with Gasteiger partial charge in [-0.05, 0) is 87.3 Å². The van der Waals surface area contributed by atoms with Crippen LogP contribution in [0.1, 0.15) is 74.1 Å². The predicted octanol–water partition coefficient (Wildman–Crippen LogP) is 7.43. The number of nitrogens with one attached hydrogen (secondary N) is 2. The van der Waals surface area contributed by atoms with Gasteiger partial charge in [-0.1, -0.05) is 56.3 Å². The number of unbranched alkanes of at least 4 members (excludes halogenated alkanes) is 1. The van der Waals surface area contributed by atoms with Crippen LogP contribution in [0.25, 0.3) is 0 Å². The molecule has 0 spiro atoms. The van der Waals surface area contributed by atoms with Gasteiger partial charge >= 0.3 is 0 Å². The Hall–Kier alpha value is -2.81. The van der Waals surface area contributed by atoms with E-state index in [-0.39, 0.29) is 5.92 Å². The first-order chi connectivity index (χ1) is 15.5. The molecule has 0 saturated heterocycles. The molecule has 2 aromatic rings. The van der Waals surface area contributed by atoms with E-state index in [1.165, 1.54) is 47.2 Å². The summed E-state index contributed by atoms with van der Waals surface area (Å²) in [6.45, 7) is 12.8. The Morgan fingerprint density at radius 1 is 1.16 bits per heavy atom. The van der Waals surface area contributed by atoms with E-state index < -0.39 is 0 Å². The van der Waals surface area contributed by atoms with Gasteiger partial charge in [-0.2, -0.15) is 0 Å². The van der Waals surface area contributed by atoms with Gasteiger partial charge in [-0.25, -0.2) is 0 Å². The van der Waals surface area contributed by atoms with Crippen molar-refractivity contribution < 1.29 is 0 Å². The van der Waals surface area contributed by atoms with Gasteiger partial charge in [0.1, 0.15) is 0 Å². The highest BCUT2D eigenvalue weighted by molar-refractivity contribution is 5.56. The Balaban J connectivity index is 1.80. The normalized spacial score (nSPS) is 15.4. The van der Waals surface area contributed by atoms with E-state index >= 15 is 0 Å². The van der Waals surface area contributed by atoms with Gasteiger partial charge in [0.25, 0.3) is 0 Å². The fourth-order valence-electron chi connectivity index (χ4n) is 4.22. The summed E-state index contributed by atoms with van der Waals surface area (Å²) in [5, 5.41) is 6.86. The molecule has 1 aliphatic rings. The van der Waals surface area contributed by atoms with Crippen molar-refractivity contribution in [3.05, 3.63) is 88.9 Å². The van der Waals surface area contributed by atoms with E-state index in [0.29, 0.717) is 6.04 Å². The van der Waals surface area contributed by atoms with Gasteiger partial charge in [-0.3, -0.25) is 4.99 Å². The number of anilines is 1. The summed E-state index contributed by atoms with van der Waals surface area (Å²) in [6, 6.07) is 16.0. The summed E-state index contributed by atoms with van der Waals surface area (Å²) in [4.78, 5) is 4.81. The third kappa shape index (κ3) is 6.35. The van der Waals surface area contributed by atoms with Crippen molar-refractivity contribution in [2.45, 2.75) is 78.2 Å². The molecule has 3 heteroatoms. The minimum absolute atomic E-state index is 0.242. The van der Waals surface area contributed by atoms with E-state index in [0.717, 1.165) is 30.8 Å². The van der Waals surface area contributed by atoms with Crippen LogP contribution in [0, 0.1) is 13.8 Å². The van der Waals surface area contributed by atoms with Crippen LogP contribution < -0.4 is 10.6 Å². The molecule has 1 saturated carbocycles. The summed E-state index contributed by atoms with van der Waals surface area (Å²) in [5.74, 6) is 1.13. The molecule has 3 nitrogen and oxygen atoms in total. The zero-order chi connectivity index (χ0) is 22.9. The minimum atomic E-state index is 0.242. The highest BCUT2D eigenvalue weighted by Crippen LogP contribution is 2.33. The molecule has 0 amide bonds. The van der Waals surface area contributed by atoms with Gasteiger partial charge < -0.3 is 10.6 Å². The van der Waals surface area contributed by atoms with Crippen LogP contribution in [0.4, 0.5) is 5.69 Å². The fraction of sp³-hybridized carbons (Fsp3) is 0.414. The number of benzene rings is 2. The number of rotatable bonds is 11. The molecule has 2 N–H and O–H groups in total. The second-order valence-electron chi connectivity index (χ2n) is 8.92. The largest absolute Gasteiger partial charge is 0.369 e. The van der Waals surface area contributed by atoms with Gasteiger partial charge in [0.05, 0.1) is 5.82 Å². The van der Waals surface area contributed by atoms with Crippen molar-refractivity contribution >= 4 is 11.9 Å². The topological polar surface area (TPSA) is 36.4 Å². The number of allylic oxidation sites excluding steroid dienone is 2. The lowest BCUT2D eigenvalue weighted by atomic mass is 9.85. The smallest absolute Gasteiger partial charge is 0.0959 e. The number of hydrogen-bond acceptors (Lipinski definition) is 3. The van der Waals surface area contributed by atoms with Crippen molar-refractivity contribution in [2.75, 3.05) is 5.32 Å². The van der Waals surface area contributed by atoms with Crippen LogP contribution in [0.3, 0.4) is 0 Å². The third-order valence-corrected chi connectivity index (χ3v) is 6.47. The number of hydrogen-bond donors (Lipinski definition) is 2. The van der Waals surface area contributed by atoms with Gasteiger partial charge in [0, 0.05) is 29.6 Å². The van der Waals surface area contributed by atoms with Gasteiger partial charge in [0.15, 0.2) is 0 Å². The third-order valence-electron chi connectivity index (χ3n) is 6.47. The van der Waals surface area contributed by atoms with Crippen LogP contribution in [-0.2, 0) is 6.42 Å². The molecule has 3 rings (SSSR count).